The minimum Gasteiger partial charge on any atom is -0.490 e. The fourth-order valence-corrected chi connectivity index (χ4v) is 5.22. The number of carbonyl (C=O) groups is 1. The molecule has 4 rings (SSSR count). The van der Waals surface area contributed by atoms with Gasteiger partial charge in [0.05, 0.1) is 5.71 Å². The molecule has 0 aliphatic carbocycles. The van der Waals surface area contributed by atoms with Crippen LogP contribution in [0.3, 0.4) is 0 Å². The average molecular weight is 513 g/mol. The minimum atomic E-state index is -0.164. The third-order valence-electron chi connectivity index (χ3n) is 8.02. The highest BCUT2D eigenvalue weighted by molar-refractivity contribution is 6.14. The molecule has 0 atom stereocenters. The van der Waals surface area contributed by atoms with E-state index in [0.29, 0.717) is 23.4 Å². The van der Waals surface area contributed by atoms with E-state index in [1.165, 1.54) is 5.56 Å². The van der Waals surface area contributed by atoms with Gasteiger partial charge in [-0.2, -0.15) is 0 Å². The number of piperidine rings is 1. The van der Waals surface area contributed by atoms with Crippen molar-refractivity contribution in [1.29, 1.82) is 5.41 Å². The molecule has 1 fully saturated rings. The Labute approximate surface area is 226 Å². The van der Waals surface area contributed by atoms with Crippen LogP contribution in [0.5, 0.6) is 5.75 Å². The summed E-state index contributed by atoms with van der Waals surface area (Å²) in [4.78, 5) is 15.5. The Morgan fingerprint density at radius 2 is 1.63 bits per heavy atom. The van der Waals surface area contributed by atoms with Gasteiger partial charge in [-0.3, -0.25) is 10.2 Å². The number of rotatable bonds is 10. The molecule has 0 saturated carbocycles. The summed E-state index contributed by atoms with van der Waals surface area (Å²) in [5, 5.41) is 12.0. The van der Waals surface area contributed by atoms with Gasteiger partial charge in [-0.15, -0.1) is 0 Å². The first-order chi connectivity index (χ1) is 18.3. The number of nitrogens with one attached hydrogen (secondary N) is 2. The number of amides is 1. The van der Waals surface area contributed by atoms with E-state index in [2.05, 4.69) is 43.2 Å². The molecule has 1 saturated heterocycles. The van der Waals surface area contributed by atoms with Crippen molar-refractivity contribution in [2.75, 3.05) is 32.4 Å². The number of nitrogen functional groups attached to an aromatic ring is 1. The second-order valence-electron chi connectivity index (χ2n) is 10.4. The van der Waals surface area contributed by atoms with Crippen molar-refractivity contribution in [1.82, 2.24) is 10.2 Å². The SMILES string of the molecule is CCC(CC)(CNC(=O)c1ccc(N)c(C(=N)c2ccc(OC3CCN(C)CC3)cc2)c1)c1ccccc1. The van der Waals surface area contributed by atoms with Gasteiger partial charge in [0, 0.05) is 47.4 Å². The smallest absolute Gasteiger partial charge is 0.251 e. The Morgan fingerprint density at radius 1 is 1.00 bits per heavy atom. The first-order valence-electron chi connectivity index (χ1n) is 13.6. The van der Waals surface area contributed by atoms with Crippen LogP contribution in [0.2, 0.25) is 0 Å². The zero-order valence-corrected chi connectivity index (χ0v) is 22.8. The Kier molecular flexibility index (Phi) is 8.85. The number of nitrogens with two attached hydrogens (primary N) is 1. The van der Waals surface area contributed by atoms with Crippen molar-refractivity contribution >= 4 is 17.3 Å². The van der Waals surface area contributed by atoms with E-state index >= 15 is 0 Å². The van der Waals surface area contributed by atoms with Crippen LogP contribution in [-0.2, 0) is 5.41 Å². The van der Waals surface area contributed by atoms with Gasteiger partial charge >= 0.3 is 0 Å². The van der Waals surface area contributed by atoms with Crippen molar-refractivity contribution in [3.05, 3.63) is 95.1 Å². The van der Waals surface area contributed by atoms with Crippen LogP contribution in [0.25, 0.3) is 0 Å². The lowest BCUT2D eigenvalue weighted by molar-refractivity contribution is 0.0941. The van der Waals surface area contributed by atoms with Gasteiger partial charge in [-0.1, -0.05) is 44.2 Å². The second kappa shape index (κ2) is 12.3. The molecular weight excluding hydrogens is 472 g/mol. The molecule has 6 nitrogen and oxygen atoms in total. The maximum atomic E-state index is 13.2. The standard InChI is InChI=1S/C32H40N4O2/c1-4-32(5-2,25-9-7-6-8-10-25)22-35-31(37)24-13-16-29(33)28(21-24)30(34)23-11-14-26(15-12-23)38-27-17-19-36(3)20-18-27/h6-16,21,27,34H,4-5,17-20,22,33H2,1-3H3,(H,35,37). The van der Waals surface area contributed by atoms with Gasteiger partial charge < -0.3 is 20.7 Å². The topological polar surface area (TPSA) is 91.4 Å². The summed E-state index contributed by atoms with van der Waals surface area (Å²) in [6.45, 7) is 6.95. The number of carbonyl (C=O) groups excluding carboxylic acids is 1. The molecule has 1 amide bonds. The molecule has 38 heavy (non-hydrogen) atoms. The van der Waals surface area contributed by atoms with Crippen LogP contribution in [-0.4, -0.2) is 49.3 Å². The zero-order chi connectivity index (χ0) is 27.1. The van der Waals surface area contributed by atoms with E-state index in [9.17, 15) is 4.79 Å². The minimum absolute atomic E-state index is 0.127. The largest absolute Gasteiger partial charge is 0.490 e. The van der Waals surface area contributed by atoms with Crippen molar-refractivity contribution in [2.24, 2.45) is 0 Å². The molecule has 1 heterocycles. The highest BCUT2D eigenvalue weighted by Gasteiger charge is 2.29. The lowest BCUT2D eigenvalue weighted by atomic mass is 9.76. The molecule has 0 aromatic heterocycles. The van der Waals surface area contributed by atoms with Gasteiger partial charge in [0.25, 0.3) is 5.91 Å². The zero-order valence-electron chi connectivity index (χ0n) is 22.8. The van der Waals surface area contributed by atoms with Crippen LogP contribution in [0.1, 0.15) is 66.6 Å². The number of anilines is 1. The predicted molar refractivity (Wildman–Crippen MR) is 155 cm³/mol. The van der Waals surface area contributed by atoms with Gasteiger partial charge in [-0.25, -0.2) is 0 Å². The van der Waals surface area contributed by atoms with E-state index < -0.39 is 0 Å². The maximum Gasteiger partial charge on any atom is 0.251 e. The Balaban J connectivity index is 1.44. The quantitative estimate of drug-likeness (QED) is 0.242. The summed E-state index contributed by atoms with van der Waals surface area (Å²) < 4.78 is 6.15. The lowest BCUT2D eigenvalue weighted by Gasteiger charge is -2.32. The first-order valence-corrected chi connectivity index (χ1v) is 13.6. The number of likely N-dealkylation sites (tertiary alicyclic amines) is 1. The van der Waals surface area contributed by atoms with E-state index in [1.807, 2.05) is 42.5 Å². The van der Waals surface area contributed by atoms with E-state index in [-0.39, 0.29) is 23.1 Å². The highest BCUT2D eigenvalue weighted by atomic mass is 16.5. The monoisotopic (exact) mass is 512 g/mol. The van der Waals surface area contributed by atoms with Crippen LogP contribution < -0.4 is 15.8 Å². The fraction of sp³-hybridized carbons (Fsp3) is 0.375. The molecule has 0 spiro atoms. The summed E-state index contributed by atoms with van der Waals surface area (Å²) >= 11 is 0. The highest BCUT2D eigenvalue weighted by Crippen LogP contribution is 2.31. The maximum absolute atomic E-state index is 13.2. The number of hydrogen-bond donors (Lipinski definition) is 3. The molecule has 1 aliphatic rings. The fourth-order valence-electron chi connectivity index (χ4n) is 5.22. The normalized spacial score (nSPS) is 14.7. The third-order valence-corrected chi connectivity index (χ3v) is 8.02. The molecule has 3 aromatic carbocycles. The molecule has 1 aliphatic heterocycles. The van der Waals surface area contributed by atoms with Gasteiger partial charge in [0.15, 0.2) is 0 Å². The van der Waals surface area contributed by atoms with E-state index in [1.54, 1.807) is 18.2 Å². The number of nitrogens with zero attached hydrogens (tertiary/aromatic N) is 1. The first kappa shape index (κ1) is 27.4. The van der Waals surface area contributed by atoms with Crippen molar-refractivity contribution in [2.45, 2.75) is 51.0 Å². The summed E-state index contributed by atoms with van der Waals surface area (Å²) in [7, 11) is 2.13. The summed E-state index contributed by atoms with van der Waals surface area (Å²) in [5.74, 6) is 0.647. The summed E-state index contributed by atoms with van der Waals surface area (Å²) in [6.07, 6.45) is 4.10. The van der Waals surface area contributed by atoms with Crippen LogP contribution in [0.4, 0.5) is 5.69 Å². The average Bonchev–Trinajstić information content (AvgIpc) is 2.96. The molecular formula is C32H40N4O2. The lowest BCUT2D eigenvalue weighted by Crippen LogP contribution is -2.40. The van der Waals surface area contributed by atoms with Crippen LogP contribution in [0, 0.1) is 5.41 Å². The Hall–Kier alpha value is -3.64. The van der Waals surface area contributed by atoms with E-state index in [4.69, 9.17) is 15.9 Å². The molecule has 3 aromatic rings. The predicted octanol–water partition coefficient (Wildman–Crippen LogP) is 5.65. The van der Waals surface area contributed by atoms with Gasteiger partial charge in [-0.05, 0) is 80.8 Å². The van der Waals surface area contributed by atoms with Gasteiger partial charge in [0.2, 0.25) is 0 Å². The molecule has 0 bridgehead atoms. The summed E-state index contributed by atoms with van der Waals surface area (Å²) in [5.41, 5.74) is 9.87. The number of ether oxygens (including phenoxy) is 1. The third kappa shape index (κ3) is 6.25. The number of hydrogen-bond acceptors (Lipinski definition) is 5. The van der Waals surface area contributed by atoms with Gasteiger partial charge in [0.1, 0.15) is 11.9 Å². The second-order valence-corrected chi connectivity index (χ2v) is 10.4. The molecule has 4 N–H and O–H groups in total. The molecule has 200 valence electrons. The number of benzene rings is 3. The Bertz CT molecular complexity index is 1230. The Morgan fingerprint density at radius 3 is 2.26 bits per heavy atom. The van der Waals surface area contributed by atoms with Crippen LogP contribution >= 0.6 is 0 Å². The molecule has 0 radical (unpaired) electrons. The van der Waals surface area contributed by atoms with Crippen molar-refractivity contribution in [3.63, 3.8) is 0 Å². The van der Waals surface area contributed by atoms with Crippen molar-refractivity contribution in [3.8, 4) is 5.75 Å². The molecule has 0 unspecified atom stereocenters. The molecule has 6 heteroatoms. The van der Waals surface area contributed by atoms with Crippen molar-refractivity contribution < 1.29 is 9.53 Å². The van der Waals surface area contributed by atoms with E-state index in [0.717, 1.165) is 50.1 Å². The summed E-state index contributed by atoms with van der Waals surface area (Å²) in [6, 6.07) is 23.1. The van der Waals surface area contributed by atoms with Crippen LogP contribution in [0.15, 0.2) is 72.8 Å².